The molecule has 0 saturated carbocycles. The number of ether oxygens (including phenoxy) is 1. The third-order valence-electron chi connectivity index (χ3n) is 5.47. The molecule has 1 atom stereocenters. The van der Waals surface area contributed by atoms with Crippen LogP contribution in [0.4, 0.5) is 4.39 Å². The summed E-state index contributed by atoms with van der Waals surface area (Å²) in [6, 6.07) is 21.0. The number of nitrogens with one attached hydrogen (secondary N) is 1. The lowest BCUT2D eigenvalue weighted by molar-refractivity contribution is -0.143. The van der Waals surface area contributed by atoms with Gasteiger partial charge in [0.15, 0.2) is 6.61 Å². The molecular weight excluding hydrogens is 467 g/mol. The van der Waals surface area contributed by atoms with E-state index in [0.717, 1.165) is 6.42 Å². The van der Waals surface area contributed by atoms with Gasteiger partial charge in [0.05, 0.1) is 5.02 Å². The maximum Gasteiger partial charge on any atom is 0.261 e. The number of benzene rings is 3. The Morgan fingerprint density at radius 2 is 1.63 bits per heavy atom. The highest BCUT2D eigenvalue weighted by Crippen LogP contribution is 2.26. The third-order valence-corrected chi connectivity index (χ3v) is 5.78. The molecule has 0 radical (unpaired) electrons. The minimum absolute atomic E-state index is 0.0994. The molecular formula is C28H30ClFN2O3. The summed E-state index contributed by atoms with van der Waals surface area (Å²) in [6.45, 7) is 4.44. The Bertz CT molecular complexity index is 1110. The van der Waals surface area contributed by atoms with Gasteiger partial charge in [-0.15, -0.1) is 0 Å². The van der Waals surface area contributed by atoms with E-state index >= 15 is 0 Å². The standard InChI is InChI=1S/C28H30ClFN2O3/c1-20(2)16-17-31-28(34)27(22-8-4-3-5-9-22)32(18-21-12-14-23(30)15-13-21)26(33)19-35-25-11-7-6-10-24(25)29/h3-15,20,27H,16-19H2,1-2H3,(H,31,34)/t27-/m1/s1. The zero-order chi connectivity index (χ0) is 25.2. The van der Waals surface area contributed by atoms with Crippen molar-refractivity contribution in [3.63, 3.8) is 0 Å². The quantitative estimate of drug-likeness (QED) is 0.365. The largest absolute Gasteiger partial charge is 0.482 e. The highest BCUT2D eigenvalue weighted by molar-refractivity contribution is 6.32. The number of hydrogen-bond donors (Lipinski definition) is 1. The van der Waals surface area contributed by atoms with Crippen LogP contribution >= 0.6 is 11.6 Å². The van der Waals surface area contributed by atoms with Crippen molar-refractivity contribution < 1.29 is 18.7 Å². The van der Waals surface area contributed by atoms with Gasteiger partial charge in [-0.1, -0.05) is 80.0 Å². The predicted octanol–water partition coefficient (Wildman–Crippen LogP) is 5.79. The van der Waals surface area contributed by atoms with Gasteiger partial charge in [-0.2, -0.15) is 0 Å². The molecule has 0 aliphatic carbocycles. The van der Waals surface area contributed by atoms with Crippen molar-refractivity contribution in [3.05, 3.63) is 101 Å². The zero-order valence-electron chi connectivity index (χ0n) is 19.9. The molecule has 0 aliphatic rings. The fraction of sp³-hybridized carbons (Fsp3) is 0.286. The molecule has 3 aromatic rings. The molecule has 0 spiro atoms. The van der Waals surface area contributed by atoms with Crippen LogP contribution in [0.5, 0.6) is 5.75 Å². The molecule has 3 aromatic carbocycles. The first kappa shape index (κ1) is 26.2. The number of carbonyl (C=O) groups is 2. The highest BCUT2D eigenvalue weighted by atomic mass is 35.5. The van der Waals surface area contributed by atoms with Crippen molar-refractivity contribution in [2.24, 2.45) is 5.92 Å². The minimum atomic E-state index is -0.893. The Hall–Kier alpha value is -3.38. The van der Waals surface area contributed by atoms with Gasteiger partial charge in [-0.3, -0.25) is 9.59 Å². The lowest BCUT2D eigenvalue weighted by Gasteiger charge is -2.31. The predicted molar refractivity (Wildman–Crippen MR) is 136 cm³/mol. The Labute approximate surface area is 210 Å². The average Bonchev–Trinajstić information content (AvgIpc) is 2.84. The van der Waals surface area contributed by atoms with E-state index in [2.05, 4.69) is 19.2 Å². The summed E-state index contributed by atoms with van der Waals surface area (Å²) in [5.74, 6) is -0.264. The number of carbonyl (C=O) groups excluding carboxylic acids is 2. The molecule has 0 aromatic heterocycles. The van der Waals surface area contributed by atoms with Gasteiger partial charge in [0.2, 0.25) is 5.91 Å². The minimum Gasteiger partial charge on any atom is -0.482 e. The number of amides is 2. The topological polar surface area (TPSA) is 58.6 Å². The Balaban J connectivity index is 1.91. The monoisotopic (exact) mass is 496 g/mol. The van der Waals surface area contributed by atoms with Crippen LogP contribution in [-0.2, 0) is 16.1 Å². The second-order valence-corrected chi connectivity index (χ2v) is 9.06. The average molecular weight is 497 g/mol. The molecule has 0 aliphatic heterocycles. The summed E-state index contributed by atoms with van der Waals surface area (Å²) in [7, 11) is 0. The summed E-state index contributed by atoms with van der Waals surface area (Å²) in [5, 5.41) is 3.36. The molecule has 35 heavy (non-hydrogen) atoms. The summed E-state index contributed by atoms with van der Waals surface area (Å²) in [6.07, 6.45) is 0.814. The van der Waals surface area contributed by atoms with Gasteiger partial charge in [0.25, 0.3) is 5.91 Å². The van der Waals surface area contributed by atoms with Crippen molar-refractivity contribution >= 4 is 23.4 Å². The smallest absolute Gasteiger partial charge is 0.261 e. The van der Waals surface area contributed by atoms with Crippen LogP contribution in [0.25, 0.3) is 0 Å². The normalized spacial score (nSPS) is 11.7. The van der Waals surface area contributed by atoms with Gasteiger partial charge >= 0.3 is 0 Å². The number of para-hydroxylation sites is 1. The molecule has 0 saturated heterocycles. The van der Waals surface area contributed by atoms with Gasteiger partial charge in [-0.05, 0) is 47.7 Å². The van der Waals surface area contributed by atoms with E-state index in [1.807, 2.05) is 30.3 Å². The lowest BCUT2D eigenvalue weighted by atomic mass is 10.0. The number of nitrogens with zero attached hydrogens (tertiary/aromatic N) is 1. The molecule has 2 amide bonds. The van der Waals surface area contributed by atoms with Gasteiger partial charge in [0, 0.05) is 13.1 Å². The van der Waals surface area contributed by atoms with Gasteiger partial charge in [0.1, 0.15) is 17.6 Å². The van der Waals surface area contributed by atoms with E-state index in [1.165, 1.54) is 17.0 Å². The van der Waals surface area contributed by atoms with E-state index in [9.17, 15) is 14.0 Å². The maximum absolute atomic E-state index is 13.5. The summed E-state index contributed by atoms with van der Waals surface area (Å²) in [4.78, 5) is 28.4. The summed E-state index contributed by atoms with van der Waals surface area (Å²) >= 11 is 6.17. The van der Waals surface area contributed by atoms with Crippen molar-refractivity contribution in [3.8, 4) is 5.75 Å². The van der Waals surface area contributed by atoms with Crippen LogP contribution in [0.15, 0.2) is 78.9 Å². The Morgan fingerprint density at radius 3 is 2.29 bits per heavy atom. The third kappa shape index (κ3) is 7.82. The van der Waals surface area contributed by atoms with Crippen molar-refractivity contribution in [2.75, 3.05) is 13.2 Å². The van der Waals surface area contributed by atoms with Crippen LogP contribution in [0.1, 0.15) is 37.4 Å². The first-order valence-electron chi connectivity index (χ1n) is 11.6. The fourth-order valence-electron chi connectivity index (χ4n) is 3.58. The molecule has 0 unspecified atom stereocenters. The van der Waals surface area contributed by atoms with E-state index in [4.69, 9.17) is 16.3 Å². The number of hydrogen-bond acceptors (Lipinski definition) is 3. The van der Waals surface area contributed by atoms with Crippen molar-refractivity contribution in [1.82, 2.24) is 10.2 Å². The van der Waals surface area contributed by atoms with Crippen molar-refractivity contribution in [2.45, 2.75) is 32.9 Å². The molecule has 7 heteroatoms. The van der Waals surface area contributed by atoms with E-state index < -0.39 is 11.9 Å². The number of rotatable bonds is 11. The maximum atomic E-state index is 13.5. The summed E-state index contributed by atoms with van der Waals surface area (Å²) < 4.78 is 19.2. The molecule has 0 heterocycles. The zero-order valence-corrected chi connectivity index (χ0v) is 20.7. The lowest BCUT2D eigenvalue weighted by Crippen LogP contribution is -2.45. The summed E-state index contributed by atoms with van der Waals surface area (Å²) in [5.41, 5.74) is 1.36. The first-order chi connectivity index (χ1) is 16.8. The van der Waals surface area contributed by atoms with Crippen LogP contribution in [0, 0.1) is 11.7 Å². The fourth-order valence-corrected chi connectivity index (χ4v) is 3.77. The van der Waals surface area contributed by atoms with Crippen LogP contribution < -0.4 is 10.1 Å². The van der Waals surface area contributed by atoms with Crippen molar-refractivity contribution in [1.29, 1.82) is 0 Å². The SMILES string of the molecule is CC(C)CCNC(=O)[C@@H](c1ccccc1)N(Cc1ccc(F)cc1)C(=O)COc1ccccc1Cl. The van der Waals surface area contributed by atoms with Crippen LogP contribution in [0.2, 0.25) is 5.02 Å². The van der Waals surface area contributed by atoms with Gasteiger partial charge < -0.3 is 15.0 Å². The second kappa shape index (κ2) is 12.9. The number of halogens is 2. The molecule has 3 rings (SSSR count). The van der Waals surface area contributed by atoms with Crippen LogP contribution in [-0.4, -0.2) is 29.9 Å². The Kier molecular flexibility index (Phi) is 9.67. The Morgan fingerprint density at radius 1 is 0.971 bits per heavy atom. The molecule has 0 bridgehead atoms. The van der Waals surface area contributed by atoms with E-state index in [0.29, 0.717) is 34.4 Å². The molecule has 1 N–H and O–H groups in total. The van der Waals surface area contributed by atoms with Gasteiger partial charge in [-0.25, -0.2) is 4.39 Å². The molecule has 184 valence electrons. The molecule has 0 fully saturated rings. The van der Waals surface area contributed by atoms with Crippen LogP contribution in [0.3, 0.4) is 0 Å². The second-order valence-electron chi connectivity index (χ2n) is 8.65. The van der Waals surface area contributed by atoms with E-state index in [-0.39, 0.29) is 24.9 Å². The van der Waals surface area contributed by atoms with E-state index in [1.54, 1.807) is 36.4 Å². The molecule has 5 nitrogen and oxygen atoms in total. The first-order valence-corrected chi connectivity index (χ1v) is 12.0. The highest BCUT2D eigenvalue weighted by Gasteiger charge is 2.31.